The minimum Gasteiger partial charge on any atom is -0.468 e. The highest BCUT2D eigenvalue weighted by molar-refractivity contribution is 6.24. The summed E-state index contributed by atoms with van der Waals surface area (Å²) < 4.78 is 11.3. The largest absolute Gasteiger partial charge is 0.468 e. The van der Waals surface area contributed by atoms with Gasteiger partial charge in [-0.15, -0.1) is 0 Å². The van der Waals surface area contributed by atoms with E-state index in [1.54, 1.807) is 0 Å². The summed E-state index contributed by atoms with van der Waals surface area (Å²) in [6.45, 7) is 26.6. The molecular weight excluding hydrogens is 797 g/mol. The molecule has 3 aromatic rings. The van der Waals surface area contributed by atoms with Gasteiger partial charge in [-0.05, 0) is 118 Å². The van der Waals surface area contributed by atoms with Gasteiger partial charge in [0.1, 0.15) is 5.92 Å². The molecule has 0 aromatic carbocycles. The van der Waals surface area contributed by atoms with E-state index in [1.807, 2.05) is 13.0 Å². The van der Waals surface area contributed by atoms with Gasteiger partial charge < -0.3 is 34.8 Å². The number of ketones is 1. The highest BCUT2D eigenvalue weighted by atomic mass is 16.6. The van der Waals surface area contributed by atoms with Crippen LogP contribution in [0.2, 0.25) is 0 Å². The third-order valence-corrected chi connectivity index (χ3v) is 14.7. The van der Waals surface area contributed by atoms with E-state index >= 15 is 0 Å². The number of ether oxygens (including phenoxy) is 2. The van der Waals surface area contributed by atoms with E-state index in [1.165, 1.54) is 63.2 Å². The molecule has 5 N–H and O–H groups in total. The number of allylic oxidation sites excluding steroid dienone is 3. The number of rotatable bonds is 21. The van der Waals surface area contributed by atoms with Crippen molar-refractivity contribution < 1.29 is 24.2 Å². The molecule has 348 valence electrons. The van der Waals surface area contributed by atoms with Gasteiger partial charge in [-0.2, -0.15) is 0 Å². The Kier molecular flexibility index (Phi) is 16.5. The maximum absolute atomic E-state index is 14.4. The average molecular weight is 875 g/mol. The first-order valence-corrected chi connectivity index (χ1v) is 24.4. The maximum Gasteiger partial charge on any atom is 0.321 e. The molecule has 8 bridgehead atoms. The highest BCUT2D eigenvalue weighted by Crippen LogP contribution is 2.48. The number of fused-ring (bicyclic) bond motifs is 7. The van der Waals surface area contributed by atoms with Crippen molar-refractivity contribution in [3.63, 3.8) is 0 Å². The van der Waals surface area contributed by atoms with Crippen molar-refractivity contribution in [1.29, 1.82) is 0 Å². The fraction of sp³-hybridized carbons (Fsp3) is 0.564. The number of Topliss-reactive ketones (excluding diaryl/α,β-unsaturated/α-hetero) is 1. The number of carbonyl (C=O) groups is 2. The molecule has 1 aliphatic carbocycles. The van der Waals surface area contributed by atoms with Crippen molar-refractivity contribution >= 4 is 41.6 Å². The Morgan fingerprint density at radius 3 is 2.17 bits per heavy atom. The quantitative estimate of drug-likeness (QED) is 0.0313. The van der Waals surface area contributed by atoms with Crippen LogP contribution in [0.1, 0.15) is 180 Å². The Labute approximate surface area is 383 Å². The van der Waals surface area contributed by atoms with Crippen LogP contribution in [0.15, 0.2) is 29.6 Å². The molecule has 5 heterocycles. The lowest BCUT2D eigenvalue weighted by Crippen LogP contribution is -2.25. The fourth-order valence-corrected chi connectivity index (χ4v) is 10.5. The van der Waals surface area contributed by atoms with Crippen LogP contribution in [0, 0.1) is 56.3 Å². The lowest BCUT2D eigenvalue weighted by atomic mass is 9.85. The predicted octanol–water partition coefficient (Wildman–Crippen LogP) is 10.9. The Hall–Kier alpha value is -4.60. The number of aliphatic hydroxyl groups excluding tert-OH is 1. The summed E-state index contributed by atoms with van der Waals surface area (Å²) in [7, 11) is 1.34. The molecule has 3 aromatic heterocycles. The van der Waals surface area contributed by atoms with Crippen LogP contribution in [-0.4, -0.2) is 51.8 Å². The van der Waals surface area contributed by atoms with Crippen molar-refractivity contribution in [3.8, 4) is 0 Å². The van der Waals surface area contributed by atoms with Gasteiger partial charge >= 0.3 is 5.97 Å². The Bertz CT molecular complexity index is 2400. The number of aromatic nitrogens is 3. The van der Waals surface area contributed by atoms with Gasteiger partial charge in [-0.1, -0.05) is 111 Å². The molecule has 6 atom stereocenters. The smallest absolute Gasteiger partial charge is 0.321 e. The van der Waals surface area contributed by atoms with Gasteiger partial charge in [0.15, 0.2) is 12.1 Å². The van der Waals surface area contributed by atoms with E-state index in [-0.39, 0.29) is 17.6 Å². The SMILES string of the molecule is C=Cc1c2[nH]c(c1C)/C=C1\N/C(=C3\c4[nH]c(c(C)c4C(=O)[C@@H]3C(=O)OC)/C=c3\[nH]/c(c(C)c3CC)=C\2)[C@@H](CCC(O)OC/C=C(/C)CCC[C@H](C)CCC[C@H](C)CCCC(C)C)[C@@H]1C. The van der Waals surface area contributed by atoms with Crippen molar-refractivity contribution in [1.82, 2.24) is 20.3 Å². The standard InChI is InChI=1S/C55H78N4O5/c1-13-39-35(8)42-28-44-37(10)41(24-25-48(60)64-27-26-34(7)23-17-22-33(6)21-16-20-32(5)19-15-18-31(3)4)52(58-44)50-51(55(62)63-12)54(61)49-38(11)45(59-53(49)50)30-47-40(14-2)36(9)43(57-47)29-46(39)56-42/h13,26,28-33,37,41,48,51,56-60H,1,14-25,27H2,2-12H3/b34-26-,43-29-,44-28-,47-30-,52-50-/t32-,33-,37+,41+,48?,51-/m1/s1. The highest BCUT2D eigenvalue weighted by Gasteiger charge is 2.48. The molecule has 0 amide bonds. The summed E-state index contributed by atoms with van der Waals surface area (Å²) in [6, 6.07) is 0. The van der Waals surface area contributed by atoms with Gasteiger partial charge in [0, 0.05) is 67.7 Å². The lowest BCUT2D eigenvalue weighted by molar-refractivity contribution is -0.141. The molecule has 3 aliphatic rings. The zero-order chi connectivity index (χ0) is 46.4. The van der Waals surface area contributed by atoms with Crippen molar-refractivity contribution in [2.75, 3.05) is 13.7 Å². The fourth-order valence-electron chi connectivity index (χ4n) is 10.5. The first-order chi connectivity index (χ1) is 30.6. The molecule has 0 saturated carbocycles. The summed E-state index contributed by atoms with van der Waals surface area (Å²) in [6.07, 6.45) is 22.6. The van der Waals surface area contributed by atoms with Crippen LogP contribution in [0.4, 0.5) is 0 Å². The molecule has 9 nitrogen and oxygen atoms in total. The predicted molar refractivity (Wildman–Crippen MR) is 263 cm³/mol. The molecule has 64 heavy (non-hydrogen) atoms. The number of esters is 1. The Balaban J connectivity index is 1.21. The molecule has 6 rings (SSSR count). The van der Waals surface area contributed by atoms with Gasteiger partial charge in [0.25, 0.3) is 0 Å². The van der Waals surface area contributed by atoms with E-state index in [0.717, 1.165) is 98.4 Å². The summed E-state index contributed by atoms with van der Waals surface area (Å²) in [4.78, 5) is 39.0. The lowest BCUT2D eigenvalue weighted by Gasteiger charge is -2.21. The van der Waals surface area contributed by atoms with Crippen LogP contribution in [0.25, 0.3) is 29.9 Å². The van der Waals surface area contributed by atoms with Crippen molar-refractivity contribution in [2.24, 2.45) is 35.5 Å². The van der Waals surface area contributed by atoms with E-state index in [0.29, 0.717) is 36.3 Å². The zero-order valence-corrected chi connectivity index (χ0v) is 40.9. The normalized spacial score (nSPS) is 22.6. The number of nitrogens with one attached hydrogen (secondary N) is 4. The summed E-state index contributed by atoms with van der Waals surface area (Å²) in [5.74, 6) is 0.181. The van der Waals surface area contributed by atoms with E-state index in [2.05, 4.69) is 113 Å². The van der Waals surface area contributed by atoms with Gasteiger partial charge in [-0.3, -0.25) is 9.59 Å². The van der Waals surface area contributed by atoms with E-state index in [9.17, 15) is 14.7 Å². The monoisotopic (exact) mass is 875 g/mol. The third-order valence-electron chi connectivity index (χ3n) is 14.7. The number of H-pyrrole nitrogens is 3. The summed E-state index contributed by atoms with van der Waals surface area (Å²) in [5.41, 5.74) is 12.8. The molecule has 1 unspecified atom stereocenters. The van der Waals surface area contributed by atoms with Gasteiger partial charge in [0.05, 0.1) is 19.4 Å². The summed E-state index contributed by atoms with van der Waals surface area (Å²) >= 11 is 0. The first-order valence-electron chi connectivity index (χ1n) is 24.4. The van der Waals surface area contributed by atoms with E-state index in [4.69, 9.17) is 9.47 Å². The molecule has 1 fully saturated rings. The number of aliphatic hydroxyl groups is 1. The van der Waals surface area contributed by atoms with Crippen LogP contribution >= 0.6 is 0 Å². The molecule has 0 spiro atoms. The Morgan fingerprint density at radius 1 is 0.859 bits per heavy atom. The van der Waals surface area contributed by atoms with Crippen molar-refractivity contribution in [2.45, 2.75) is 153 Å². The molecule has 2 aliphatic heterocycles. The number of hydrogen-bond donors (Lipinski definition) is 5. The van der Waals surface area contributed by atoms with Crippen LogP contribution in [0.3, 0.4) is 0 Å². The minimum atomic E-state index is -1.12. The van der Waals surface area contributed by atoms with Crippen LogP contribution in [0.5, 0.6) is 0 Å². The second kappa shape index (κ2) is 21.6. The van der Waals surface area contributed by atoms with Crippen LogP contribution in [-0.2, 0) is 20.7 Å². The average Bonchev–Trinajstić information content (AvgIpc) is 3.99. The second-order valence-corrected chi connectivity index (χ2v) is 19.8. The van der Waals surface area contributed by atoms with Crippen LogP contribution < -0.4 is 16.0 Å². The first kappa shape index (κ1) is 48.8. The number of methoxy groups -OCH3 is 1. The topological polar surface area (TPSA) is 132 Å². The number of aromatic amines is 3. The number of hydrogen-bond acceptors (Lipinski definition) is 6. The second-order valence-electron chi connectivity index (χ2n) is 19.8. The molecule has 9 heteroatoms. The maximum atomic E-state index is 14.4. The zero-order valence-electron chi connectivity index (χ0n) is 40.9. The van der Waals surface area contributed by atoms with E-state index < -0.39 is 18.2 Å². The third kappa shape index (κ3) is 10.7. The van der Waals surface area contributed by atoms with Crippen molar-refractivity contribution in [3.05, 3.63) is 96.5 Å². The Morgan fingerprint density at radius 2 is 1.52 bits per heavy atom. The van der Waals surface area contributed by atoms with Gasteiger partial charge in [-0.25, -0.2) is 0 Å². The number of carbonyl (C=O) groups excluding carboxylic acids is 2. The molecule has 0 radical (unpaired) electrons. The van der Waals surface area contributed by atoms with Gasteiger partial charge in [0.2, 0.25) is 0 Å². The summed E-state index contributed by atoms with van der Waals surface area (Å²) in [5, 5.41) is 17.0. The molecular formula is C55H78N4O5. The molecule has 1 saturated heterocycles. The minimum absolute atomic E-state index is 0.0465.